The molecule has 0 radical (unpaired) electrons. The molecule has 0 amide bonds. The van der Waals surface area contributed by atoms with E-state index >= 15 is 0 Å². The van der Waals surface area contributed by atoms with E-state index in [1.807, 2.05) is 30.3 Å². The van der Waals surface area contributed by atoms with Crippen molar-refractivity contribution in [2.45, 2.75) is 37.4 Å². The normalized spacial score (nSPS) is 14.2. The number of hydrogen-bond donors (Lipinski definition) is 1. The van der Waals surface area contributed by atoms with Gasteiger partial charge in [-0.1, -0.05) is 59.6 Å². The minimum Gasteiger partial charge on any atom is -0.481 e. The van der Waals surface area contributed by atoms with Gasteiger partial charge in [0.15, 0.2) is 0 Å². The van der Waals surface area contributed by atoms with Crippen LogP contribution in [0, 0.1) is 5.92 Å². The van der Waals surface area contributed by atoms with Crippen molar-refractivity contribution in [3.05, 3.63) is 35.9 Å². The van der Waals surface area contributed by atoms with Gasteiger partial charge in [-0.15, -0.1) is 0 Å². The van der Waals surface area contributed by atoms with Gasteiger partial charge >= 0.3 is 5.97 Å². The van der Waals surface area contributed by atoms with Gasteiger partial charge in [0.05, 0.1) is 5.92 Å². The SMILES string of the molecule is C[C@@H](Br)CCC[C@@H](Cc1ccccc1)C(=O)O. The molecule has 0 aliphatic heterocycles. The van der Waals surface area contributed by atoms with Crippen LogP contribution in [0.2, 0.25) is 0 Å². The minimum absolute atomic E-state index is 0.261. The summed E-state index contributed by atoms with van der Waals surface area (Å²) in [4.78, 5) is 11.6. The molecule has 2 nitrogen and oxygen atoms in total. The summed E-state index contributed by atoms with van der Waals surface area (Å²) in [5.74, 6) is -0.945. The molecule has 94 valence electrons. The Balaban J connectivity index is 2.47. The molecular formula is C14H19BrO2. The van der Waals surface area contributed by atoms with Crippen molar-refractivity contribution in [2.24, 2.45) is 5.92 Å². The first kappa shape index (κ1) is 14.2. The second kappa shape index (κ2) is 7.49. The topological polar surface area (TPSA) is 37.3 Å². The zero-order chi connectivity index (χ0) is 12.7. The summed E-state index contributed by atoms with van der Waals surface area (Å²) in [6, 6.07) is 9.83. The number of rotatable bonds is 7. The van der Waals surface area contributed by atoms with E-state index in [-0.39, 0.29) is 5.92 Å². The molecule has 0 aliphatic carbocycles. The van der Waals surface area contributed by atoms with Crippen LogP contribution in [0.25, 0.3) is 0 Å². The number of carbonyl (C=O) groups is 1. The summed E-state index contributed by atoms with van der Waals surface area (Å²) in [7, 11) is 0. The molecule has 2 atom stereocenters. The molecule has 0 saturated heterocycles. The van der Waals surface area contributed by atoms with E-state index in [1.165, 1.54) is 0 Å². The maximum Gasteiger partial charge on any atom is 0.306 e. The van der Waals surface area contributed by atoms with Crippen LogP contribution in [0.1, 0.15) is 31.7 Å². The number of halogens is 1. The molecule has 3 heteroatoms. The summed E-state index contributed by atoms with van der Waals surface area (Å²) >= 11 is 3.48. The van der Waals surface area contributed by atoms with Crippen LogP contribution in [0.5, 0.6) is 0 Å². The molecule has 1 aromatic carbocycles. The quantitative estimate of drug-likeness (QED) is 0.776. The Morgan fingerprint density at radius 1 is 1.29 bits per heavy atom. The molecule has 0 saturated carbocycles. The van der Waals surface area contributed by atoms with Gasteiger partial charge in [0, 0.05) is 4.83 Å². The Kier molecular flexibility index (Phi) is 6.27. The van der Waals surface area contributed by atoms with E-state index in [4.69, 9.17) is 0 Å². The largest absolute Gasteiger partial charge is 0.481 e. The number of alkyl halides is 1. The Morgan fingerprint density at radius 2 is 1.94 bits per heavy atom. The van der Waals surface area contributed by atoms with E-state index in [9.17, 15) is 9.90 Å². The number of aliphatic carboxylic acids is 1. The van der Waals surface area contributed by atoms with Crippen molar-refractivity contribution in [2.75, 3.05) is 0 Å². The lowest BCUT2D eigenvalue weighted by Crippen LogP contribution is -2.16. The first-order chi connectivity index (χ1) is 8.09. The second-order valence-corrected chi connectivity index (χ2v) is 6.00. The zero-order valence-electron chi connectivity index (χ0n) is 10.1. The molecule has 0 fully saturated rings. The van der Waals surface area contributed by atoms with E-state index in [1.54, 1.807) is 0 Å². The molecule has 0 spiro atoms. The van der Waals surface area contributed by atoms with Gasteiger partial charge in [0.1, 0.15) is 0 Å². The van der Waals surface area contributed by atoms with Crippen LogP contribution < -0.4 is 0 Å². The van der Waals surface area contributed by atoms with Gasteiger partial charge < -0.3 is 5.11 Å². The van der Waals surface area contributed by atoms with Crippen molar-refractivity contribution in [1.29, 1.82) is 0 Å². The third-order valence-electron chi connectivity index (χ3n) is 2.83. The van der Waals surface area contributed by atoms with Gasteiger partial charge in [-0.05, 0) is 24.8 Å². The van der Waals surface area contributed by atoms with E-state index in [0.717, 1.165) is 24.8 Å². The van der Waals surface area contributed by atoms with Crippen molar-refractivity contribution < 1.29 is 9.90 Å². The molecule has 1 aromatic rings. The maximum atomic E-state index is 11.2. The Hall–Kier alpha value is -0.830. The van der Waals surface area contributed by atoms with Crippen molar-refractivity contribution in [3.63, 3.8) is 0 Å². The smallest absolute Gasteiger partial charge is 0.306 e. The highest BCUT2D eigenvalue weighted by Crippen LogP contribution is 2.18. The predicted octanol–water partition coefficient (Wildman–Crippen LogP) is 3.88. The lowest BCUT2D eigenvalue weighted by Gasteiger charge is -2.12. The molecular weight excluding hydrogens is 280 g/mol. The molecule has 0 aromatic heterocycles. The summed E-state index contributed by atoms with van der Waals surface area (Å²) < 4.78 is 0. The molecule has 1 N–H and O–H groups in total. The highest BCUT2D eigenvalue weighted by molar-refractivity contribution is 9.09. The fourth-order valence-corrected chi connectivity index (χ4v) is 2.18. The minimum atomic E-state index is -0.684. The monoisotopic (exact) mass is 298 g/mol. The Morgan fingerprint density at radius 3 is 2.47 bits per heavy atom. The van der Waals surface area contributed by atoms with Crippen LogP contribution in [0.3, 0.4) is 0 Å². The van der Waals surface area contributed by atoms with Crippen LogP contribution in [-0.2, 0) is 11.2 Å². The Bertz CT molecular complexity index is 335. The van der Waals surface area contributed by atoms with Gasteiger partial charge in [-0.25, -0.2) is 0 Å². The number of carboxylic acids is 1. The van der Waals surface area contributed by atoms with Crippen LogP contribution >= 0.6 is 15.9 Å². The first-order valence-corrected chi connectivity index (χ1v) is 6.92. The van der Waals surface area contributed by atoms with Crippen LogP contribution in [-0.4, -0.2) is 15.9 Å². The predicted molar refractivity (Wildman–Crippen MR) is 73.5 cm³/mol. The third-order valence-corrected chi connectivity index (χ3v) is 3.29. The molecule has 17 heavy (non-hydrogen) atoms. The maximum absolute atomic E-state index is 11.2. The fraction of sp³-hybridized carbons (Fsp3) is 0.500. The van der Waals surface area contributed by atoms with Gasteiger partial charge in [-0.3, -0.25) is 4.79 Å². The summed E-state index contributed by atoms with van der Waals surface area (Å²) in [5.41, 5.74) is 1.10. The van der Waals surface area contributed by atoms with Gasteiger partial charge in [0.2, 0.25) is 0 Å². The lowest BCUT2D eigenvalue weighted by molar-refractivity contribution is -0.142. The summed E-state index contributed by atoms with van der Waals surface area (Å²) in [6.45, 7) is 2.09. The van der Waals surface area contributed by atoms with Crippen molar-refractivity contribution >= 4 is 21.9 Å². The van der Waals surface area contributed by atoms with Crippen LogP contribution in [0.4, 0.5) is 0 Å². The standard InChI is InChI=1S/C14H19BrO2/c1-11(15)6-5-9-13(14(16)17)10-12-7-3-2-4-8-12/h2-4,7-8,11,13H,5-6,9-10H2,1H3,(H,16,17)/t11-,13+/m1/s1. The number of benzene rings is 1. The summed E-state index contributed by atoms with van der Waals surface area (Å²) in [6.07, 6.45) is 3.36. The van der Waals surface area contributed by atoms with Crippen LogP contribution in [0.15, 0.2) is 30.3 Å². The van der Waals surface area contributed by atoms with Gasteiger partial charge in [-0.2, -0.15) is 0 Å². The second-order valence-electron chi connectivity index (χ2n) is 4.44. The molecule has 1 rings (SSSR count). The average Bonchev–Trinajstić information content (AvgIpc) is 2.28. The van der Waals surface area contributed by atoms with E-state index in [2.05, 4.69) is 22.9 Å². The summed E-state index contributed by atoms with van der Waals surface area (Å²) in [5, 5.41) is 9.19. The molecule has 0 unspecified atom stereocenters. The van der Waals surface area contributed by atoms with Crippen molar-refractivity contribution in [3.8, 4) is 0 Å². The van der Waals surface area contributed by atoms with E-state index in [0.29, 0.717) is 11.2 Å². The molecule has 0 aliphatic rings. The van der Waals surface area contributed by atoms with Gasteiger partial charge in [0.25, 0.3) is 0 Å². The highest BCUT2D eigenvalue weighted by Gasteiger charge is 2.17. The molecule has 0 heterocycles. The zero-order valence-corrected chi connectivity index (χ0v) is 11.7. The average molecular weight is 299 g/mol. The molecule has 0 bridgehead atoms. The highest BCUT2D eigenvalue weighted by atomic mass is 79.9. The fourth-order valence-electron chi connectivity index (χ4n) is 1.86. The van der Waals surface area contributed by atoms with Crippen molar-refractivity contribution in [1.82, 2.24) is 0 Å². The number of carboxylic acid groups (broad SMARTS) is 1. The first-order valence-electron chi connectivity index (χ1n) is 6.00. The Labute approximate surface area is 111 Å². The van der Waals surface area contributed by atoms with E-state index < -0.39 is 5.97 Å². The lowest BCUT2D eigenvalue weighted by atomic mass is 9.94. The third kappa shape index (κ3) is 5.87. The number of hydrogen-bond acceptors (Lipinski definition) is 1.